The maximum atomic E-state index is 12.3. The lowest BCUT2D eigenvalue weighted by Gasteiger charge is -2.07. The lowest BCUT2D eigenvalue weighted by Crippen LogP contribution is -2.05. The highest BCUT2D eigenvalue weighted by molar-refractivity contribution is 6.31. The Bertz CT molecular complexity index is 488. The molecule has 1 aromatic carbocycles. The van der Waals surface area contributed by atoms with Crippen molar-refractivity contribution in [3.8, 4) is 5.69 Å². The Morgan fingerprint density at radius 1 is 1.12 bits per heavy atom. The summed E-state index contributed by atoms with van der Waals surface area (Å²) in [5, 5.41) is 3.89. The maximum Gasteiger partial charge on any atom is 0.416 e. The second-order valence-corrected chi connectivity index (χ2v) is 3.26. The lowest BCUT2D eigenvalue weighted by molar-refractivity contribution is -0.137. The van der Waals surface area contributed by atoms with Gasteiger partial charge in [0.15, 0.2) is 0 Å². The predicted molar refractivity (Wildman–Crippen MR) is 54.0 cm³/mol. The van der Waals surface area contributed by atoms with Crippen molar-refractivity contribution < 1.29 is 13.2 Å². The van der Waals surface area contributed by atoms with E-state index in [2.05, 4.69) is 5.10 Å². The van der Waals surface area contributed by atoms with Crippen LogP contribution < -0.4 is 5.46 Å². The molecule has 80 valence electrons. The van der Waals surface area contributed by atoms with E-state index in [0.29, 0.717) is 11.2 Å². The summed E-state index contributed by atoms with van der Waals surface area (Å²) in [7, 11) is 5.45. The van der Waals surface area contributed by atoms with Gasteiger partial charge in [-0.05, 0) is 24.3 Å². The van der Waals surface area contributed by atoms with E-state index in [1.807, 2.05) is 0 Å². The van der Waals surface area contributed by atoms with Gasteiger partial charge in [0, 0.05) is 12.4 Å². The standard InChI is InChI=1S/C10H6BF3N2/c11-8-5-15-16(6-8)9-3-1-7(2-4-9)10(12,13)14/h1-6H. The summed E-state index contributed by atoms with van der Waals surface area (Å²) in [4.78, 5) is 0. The molecule has 0 aliphatic carbocycles. The normalized spacial score (nSPS) is 11.7. The molecule has 0 bridgehead atoms. The largest absolute Gasteiger partial charge is 0.416 e. The number of hydrogen-bond donors (Lipinski definition) is 0. The first-order chi connectivity index (χ1) is 7.47. The smallest absolute Gasteiger partial charge is 0.242 e. The maximum absolute atomic E-state index is 12.3. The number of halogens is 3. The molecule has 16 heavy (non-hydrogen) atoms. The minimum Gasteiger partial charge on any atom is -0.242 e. The molecule has 2 radical (unpaired) electrons. The van der Waals surface area contributed by atoms with Crippen molar-refractivity contribution in [2.75, 3.05) is 0 Å². The highest BCUT2D eigenvalue weighted by atomic mass is 19.4. The third kappa shape index (κ3) is 2.10. The molecule has 0 unspecified atom stereocenters. The zero-order valence-corrected chi connectivity index (χ0v) is 8.07. The number of hydrogen-bond acceptors (Lipinski definition) is 1. The molecule has 0 atom stereocenters. The first-order valence-electron chi connectivity index (χ1n) is 4.44. The molecule has 0 N–H and O–H groups in total. The Balaban J connectivity index is 2.33. The fraction of sp³-hybridized carbons (Fsp3) is 0.100. The molecular weight excluding hydrogens is 216 g/mol. The van der Waals surface area contributed by atoms with Gasteiger partial charge in [-0.25, -0.2) is 4.68 Å². The van der Waals surface area contributed by atoms with Crippen LogP contribution in [0.4, 0.5) is 13.2 Å². The molecule has 2 rings (SSSR count). The summed E-state index contributed by atoms with van der Waals surface area (Å²) in [6.45, 7) is 0. The van der Waals surface area contributed by atoms with E-state index in [1.54, 1.807) is 0 Å². The van der Waals surface area contributed by atoms with Gasteiger partial charge < -0.3 is 0 Å². The van der Waals surface area contributed by atoms with Crippen LogP contribution in [0, 0.1) is 0 Å². The second-order valence-electron chi connectivity index (χ2n) is 3.26. The van der Waals surface area contributed by atoms with Gasteiger partial charge in [-0.3, -0.25) is 0 Å². The number of benzene rings is 1. The van der Waals surface area contributed by atoms with Crippen LogP contribution in [-0.4, -0.2) is 17.6 Å². The highest BCUT2D eigenvalue weighted by Gasteiger charge is 2.29. The second kappa shape index (κ2) is 3.70. The van der Waals surface area contributed by atoms with Crippen molar-refractivity contribution >= 4 is 13.3 Å². The summed E-state index contributed by atoms with van der Waals surface area (Å²) in [5.74, 6) is 0. The van der Waals surface area contributed by atoms with Gasteiger partial charge in [0.25, 0.3) is 0 Å². The molecule has 0 fully saturated rings. The van der Waals surface area contributed by atoms with E-state index in [4.69, 9.17) is 7.85 Å². The molecule has 2 nitrogen and oxygen atoms in total. The molecule has 0 spiro atoms. The summed E-state index contributed by atoms with van der Waals surface area (Å²) in [6.07, 6.45) is -1.36. The average Bonchev–Trinajstić information content (AvgIpc) is 2.64. The van der Waals surface area contributed by atoms with Gasteiger partial charge >= 0.3 is 6.18 Å². The predicted octanol–water partition coefficient (Wildman–Crippen LogP) is 1.68. The van der Waals surface area contributed by atoms with Gasteiger partial charge in [0.1, 0.15) is 7.85 Å². The van der Waals surface area contributed by atoms with Crippen molar-refractivity contribution in [2.45, 2.75) is 6.18 Å². The third-order valence-corrected chi connectivity index (χ3v) is 2.06. The van der Waals surface area contributed by atoms with E-state index >= 15 is 0 Å². The Hall–Kier alpha value is -1.72. The van der Waals surface area contributed by atoms with E-state index in [1.165, 1.54) is 29.2 Å². The van der Waals surface area contributed by atoms with Crippen LogP contribution >= 0.6 is 0 Å². The topological polar surface area (TPSA) is 17.8 Å². The zero-order valence-electron chi connectivity index (χ0n) is 8.07. The van der Waals surface area contributed by atoms with Crippen LogP contribution in [0.25, 0.3) is 5.69 Å². The average molecular weight is 222 g/mol. The van der Waals surface area contributed by atoms with Crippen LogP contribution in [-0.2, 0) is 6.18 Å². The molecular formula is C10H6BF3N2. The van der Waals surface area contributed by atoms with Crippen LogP contribution in [0.5, 0.6) is 0 Å². The molecule has 1 aromatic heterocycles. The Morgan fingerprint density at radius 2 is 1.75 bits per heavy atom. The van der Waals surface area contributed by atoms with Crippen LogP contribution in [0.2, 0.25) is 0 Å². The van der Waals surface area contributed by atoms with E-state index < -0.39 is 11.7 Å². The summed E-state index contributed by atoms with van der Waals surface area (Å²) in [5.41, 5.74) is 0.306. The monoisotopic (exact) mass is 222 g/mol. The minimum atomic E-state index is -4.32. The van der Waals surface area contributed by atoms with Crippen molar-refractivity contribution in [1.82, 2.24) is 9.78 Å². The number of aromatic nitrogens is 2. The van der Waals surface area contributed by atoms with Gasteiger partial charge in [-0.15, -0.1) is 0 Å². The van der Waals surface area contributed by atoms with Gasteiger partial charge in [0.05, 0.1) is 11.3 Å². The van der Waals surface area contributed by atoms with Gasteiger partial charge in [0.2, 0.25) is 0 Å². The van der Waals surface area contributed by atoms with Crippen molar-refractivity contribution in [3.05, 3.63) is 42.2 Å². The van der Waals surface area contributed by atoms with Crippen molar-refractivity contribution in [1.29, 1.82) is 0 Å². The molecule has 0 amide bonds. The first-order valence-corrected chi connectivity index (χ1v) is 4.44. The van der Waals surface area contributed by atoms with E-state index in [-0.39, 0.29) is 0 Å². The minimum absolute atomic E-state index is 0.458. The van der Waals surface area contributed by atoms with Crippen LogP contribution in [0.1, 0.15) is 5.56 Å². The molecule has 2 aromatic rings. The third-order valence-electron chi connectivity index (χ3n) is 2.06. The molecule has 0 saturated heterocycles. The van der Waals surface area contributed by atoms with Crippen molar-refractivity contribution in [3.63, 3.8) is 0 Å². The molecule has 6 heteroatoms. The fourth-order valence-corrected chi connectivity index (χ4v) is 1.28. The highest BCUT2D eigenvalue weighted by Crippen LogP contribution is 2.29. The molecule has 1 heterocycles. The zero-order chi connectivity index (χ0) is 11.8. The van der Waals surface area contributed by atoms with E-state index in [9.17, 15) is 13.2 Å². The Kier molecular flexibility index (Phi) is 2.49. The van der Waals surface area contributed by atoms with Crippen LogP contribution in [0.15, 0.2) is 36.7 Å². The summed E-state index contributed by atoms with van der Waals surface area (Å²) in [6, 6.07) is 4.70. The first kappa shape index (κ1) is 10.8. The number of nitrogens with zero attached hydrogens (tertiary/aromatic N) is 2. The van der Waals surface area contributed by atoms with Crippen molar-refractivity contribution in [2.24, 2.45) is 0 Å². The van der Waals surface area contributed by atoms with Crippen LogP contribution in [0.3, 0.4) is 0 Å². The SMILES string of the molecule is [B]c1cnn(-c2ccc(C(F)(F)F)cc2)c1. The summed E-state index contributed by atoms with van der Waals surface area (Å²) < 4.78 is 38.3. The van der Waals surface area contributed by atoms with Gasteiger partial charge in [-0.2, -0.15) is 18.3 Å². The van der Waals surface area contributed by atoms with Gasteiger partial charge in [-0.1, -0.05) is 5.46 Å². The Labute approximate surface area is 91.1 Å². The molecule has 0 saturated carbocycles. The number of rotatable bonds is 1. The van der Waals surface area contributed by atoms with E-state index in [0.717, 1.165) is 12.1 Å². The fourth-order valence-electron chi connectivity index (χ4n) is 1.28. The Morgan fingerprint density at radius 3 is 2.19 bits per heavy atom. The molecule has 0 aliphatic heterocycles. The quantitative estimate of drug-likeness (QED) is 0.671. The number of alkyl halides is 3. The lowest BCUT2D eigenvalue weighted by atomic mass is 10.0. The molecule has 0 aliphatic rings. The summed E-state index contributed by atoms with van der Waals surface area (Å²) >= 11 is 0.